The van der Waals surface area contributed by atoms with Crippen molar-refractivity contribution >= 4 is 56.3 Å². The first-order valence-corrected chi connectivity index (χ1v) is 10.4. The van der Waals surface area contributed by atoms with E-state index in [4.69, 9.17) is 27.1 Å². The number of pyridine rings is 1. The lowest BCUT2D eigenvalue weighted by molar-refractivity contribution is 0.103. The van der Waals surface area contributed by atoms with Gasteiger partial charge in [-0.2, -0.15) is 0 Å². The smallest absolute Gasteiger partial charge is 0.268 e. The molecule has 1 fully saturated rings. The number of hydrogen-bond donors (Lipinski definition) is 2. The lowest BCUT2D eigenvalue weighted by Gasteiger charge is -2.41. The number of anilines is 3. The summed E-state index contributed by atoms with van der Waals surface area (Å²) < 4.78 is 5.31. The number of carbonyl (C=O) groups excluding carboxylic acids is 1. The Hall–Kier alpha value is -2.51. The predicted molar refractivity (Wildman–Crippen MR) is 114 cm³/mol. The SMILES string of the molecule is COc1ccc(Cl)cc1NC(=O)c1sc2nc3c(cc2c1N)C1CCN3CC1. The first-order chi connectivity index (χ1) is 13.5. The Morgan fingerprint density at radius 3 is 2.89 bits per heavy atom. The third kappa shape index (κ3) is 2.69. The number of methoxy groups -OCH3 is 1. The molecule has 0 saturated carbocycles. The number of piperidine rings is 1. The highest BCUT2D eigenvalue weighted by Crippen LogP contribution is 2.45. The molecule has 1 amide bonds. The summed E-state index contributed by atoms with van der Waals surface area (Å²) in [5.41, 5.74) is 8.61. The predicted octanol–water partition coefficient (Wildman–Crippen LogP) is 4.49. The molecular formula is C20H19ClN4O2S. The molecule has 8 heteroatoms. The summed E-state index contributed by atoms with van der Waals surface area (Å²) >= 11 is 7.38. The van der Waals surface area contributed by atoms with Gasteiger partial charge in [-0.05, 0) is 48.6 Å². The molecule has 5 heterocycles. The quantitative estimate of drug-likeness (QED) is 0.660. The van der Waals surface area contributed by atoms with Gasteiger partial charge in [-0.3, -0.25) is 4.79 Å². The standard InChI is InChI=1S/C20H19ClN4O2S/c1-27-15-3-2-11(21)8-14(15)23-19(26)17-16(22)13-9-12-10-4-6-25(7-5-10)18(12)24-20(13)28-17/h2-3,8-10H,4-7,22H2,1H3,(H,23,26). The van der Waals surface area contributed by atoms with E-state index in [1.807, 2.05) is 0 Å². The van der Waals surface area contributed by atoms with Crippen molar-refractivity contribution in [3.8, 4) is 5.75 Å². The van der Waals surface area contributed by atoms with Gasteiger partial charge in [0.2, 0.25) is 0 Å². The number of amides is 1. The van der Waals surface area contributed by atoms with Crippen LogP contribution in [0.1, 0.15) is 34.0 Å². The highest BCUT2D eigenvalue weighted by atomic mass is 35.5. The van der Waals surface area contributed by atoms with Crippen molar-refractivity contribution in [3.63, 3.8) is 0 Å². The van der Waals surface area contributed by atoms with Gasteiger partial charge in [0.1, 0.15) is 21.3 Å². The van der Waals surface area contributed by atoms with Crippen LogP contribution in [0.4, 0.5) is 17.2 Å². The molecule has 3 aliphatic heterocycles. The molecule has 6 nitrogen and oxygen atoms in total. The zero-order chi connectivity index (χ0) is 19.4. The van der Waals surface area contributed by atoms with E-state index < -0.39 is 0 Å². The van der Waals surface area contributed by atoms with Crippen LogP contribution in [0.2, 0.25) is 5.02 Å². The van der Waals surface area contributed by atoms with E-state index in [1.54, 1.807) is 25.3 Å². The Morgan fingerprint density at radius 1 is 1.36 bits per heavy atom. The summed E-state index contributed by atoms with van der Waals surface area (Å²) in [5.74, 6) is 1.85. The average molecular weight is 415 g/mol. The van der Waals surface area contributed by atoms with Crippen molar-refractivity contribution in [3.05, 3.63) is 39.7 Å². The van der Waals surface area contributed by atoms with Crippen molar-refractivity contribution in [2.24, 2.45) is 0 Å². The Kier molecular flexibility index (Phi) is 4.10. The average Bonchev–Trinajstić information content (AvgIpc) is 3.04. The van der Waals surface area contributed by atoms with E-state index in [0.717, 1.165) is 42.0 Å². The van der Waals surface area contributed by atoms with Gasteiger partial charge in [0.25, 0.3) is 5.91 Å². The van der Waals surface area contributed by atoms with E-state index in [1.165, 1.54) is 16.9 Å². The highest BCUT2D eigenvalue weighted by Gasteiger charge is 2.33. The van der Waals surface area contributed by atoms with Gasteiger partial charge in [0.15, 0.2) is 0 Å². The molecule has 3 aromatic rings. The third-order valence-electron chi connectivity index (χ3n) is 5.58. The number of nitrogens with one attached hydrogen (secondary N) is 1. The van der Waals surface area contributed by atoms with Crippen molar-refractivity contribution in [2.45, 2.75) is 18.8 Å². The number of ether oxygens (including phenoxy) is 1. The Morgan fingerprint density at radius 2 is 2.14 bits per heavy atom. The summed E-state index contributed by atoms with van der Waals surface area (Å²) in [5, 5.41) is 4.24. The van der Waals surface area contributed by atoms with E-state index in [9.17, 15) is 4.79 Å². The number of fused-ring (bicyclic) bond motifs is 3. The van der Waals surface area contributed by atoms with Crippen LogP contribution < -0.4 is 20.7 Å². The van der Waals surface area contributed by atoms with Crippen LogP contribution in [0.15, 0.2) is 24.3 Å². The van der Waals surface area contributed by atoms with E-state index in [2.05, 4.69) is 16.3 Å². The number of benzene rings is 1. The molecule has 28 heavy (non-hydrogen) atoms. The molecular weight excluding hydrogens is 396 g/mol. The van der Waals surface area contributed by atoms with Crippen molar-refractivity contribution in [1.82, 2.24) is 4.98 Å². The van der Waals surface area contributed by atoms with Crippen LogP contribution in [0.25, 0.3) is 10.2 Å². The van der Waals surface area contributed by atoms with Crippen molar-refractivity contribution < 1.29 is 9.53 Å². The highest BCUT2D eigenvalue weighted by molar-refractivity contribution is 7.21. The Labute approximate surface area is 171 Å². The summed E-state index contributed by atoms with van der Waals surface area (Å²) in [6.45, 7) is 2.11. The lowest BCUT2D eigenvalue weighted by Crippen LogP contribution is -2.39. The number of aromatic nitrogens is 1. The number of halogens is 1. The fraction of sp³-hybridized carbons (Fsp3) is 0.300. The Balaban J connectivity index is 1.54. The molecule has 0 unspecified atom stereocenters. The van der Waals surface area contributed by atoms with E-state index in [0.29, 0.717) is 32.9 Å². The maximum Gasteiger partial charge on any atom is 0.268 e. The maximum absolute atomic E-state index is 12.9. The second-order valence-electron chi connectivity index (χ2n) is 7.16. The van der Waals surface area contributed by atoms with Crippen LogP contribution in [0, 0.1) is 0 Å². The van der Waals surface area contributed by atoms with Gasteiger partial charge in [0.05, 0.1) is 18.5 Å². The van der Waals surface area contributed by atoms with Crippen LogP contribution in [0.5, 0.6) is 5.75 Å². The molecule has 0 radical (unpaired) electrons. The molecule has 0 spiro atoms. The summed E-state index contributed by atoms with van der Waals surface area (Å²) in [6, 6.07) is 7.22. The number of carbonyl (C=O) groups is 1. The second-order valence-corrected chi connectivity index (χ2v) is 8.59. The molecule has 3 N–H and O–H groups in total. The first-order valence-electron chi connectivity index (χ1n) is 9.18. The summed E-state index contributed by atoms with van der Waals surface area (Å²) in [6.07, 6.45) is 2.32. The van der Waals surface area contributed by atoms with Crippen LogP contribution in [-0.2, 0) is 0 Å². The van der Waals surface area contributed by atoms with Crippen LogP contribution >= 0.6 is 22.9 Å². The summed E-state index contributed by atoms with van der Waals surface area (Å²) in [7, 11) is 1.55. The van der Waals surface area contributed by atoms with Crippen LogP contribution in [0.3, 0.4) is 0 Å². The zero-order valence-electron chi connectivity index (χ0n) is 15.3. The second kappa shape index (κ2) is 6.53. The molecule has 2 aromatic heterocycles. The molecule has 144 valence electrons. The minimum Gasteiger partial charge on any atom is -0.495 e. The Bertz CT molecular complexity index is 1110. The van der Waals surface area contributed by atoms with E-state index >= 15 is 0 Å². The molecule has 2 bridgehead atoms. The van der Waals surface area contributed by atoms with Gasteiger partial charge >= 0.3 is 0 Å². The fourth-order valence-electron chi connectivity index (χ4n) is 4.13. The molecule has 0 aliphatic carbocycles. The monoisotopic (exact) mass is 414 g/mol. The minimum absolute atomic E-state index is 0.290. The van der Waals surface area contributed by atoms with Crippen LogP contribution in [-0.4, -0.2) is 31.1 Å². The number of thiophene rings is 1. The number of nitrogens with zero attached hydrogens (tertiary/aromatic N) is 2. The van der Waals surface area contributed by atoms with Gasteiger partial charge < -0.3 is 20.7 Å². The van der Waals surface area contributed by atoms with Gasteiger partial charge in [-0.1, -0.05) is 11.6 Å². The van der Waals surface area contributed by atoms with Crippen molar-refractivity contribution in [1.29, 1.82) is 0 Å². The van der Waals surface area contributed by atoms with Gasteiger partial charge in [-0.15, -0.1) is 11.3 Å². The molecule has 1 saturated heterocycles. The van der Waals surface area contributed by atoms with E-state index in [-0.39, 0.29) is 5.91 Å². The number of nitrogen functional groups attached to an aromatic ring is 1. The van der Waals surface area contributed by atoms with Gasteiger partial charge in [0, 0.05) is 23.5 Å². The number of hydrogen-bond acceptors (Lipinski definition) is 6. The first kappa shape index (κ1) is 17.6. The maximum atomic E-state index is 12.9. The number of nitrogens with two attached hydrogens (primary N) is 1. The summed E-state index contributed by atoms with van der Waals surface area (Å²) in [4.78, 5) is 21.4. The molecule has 1 aromatic carbocycles. The largest absolute Gasteiger partial charge is 0.495 e. The minimum atomic E-state index is -0.290. The fourth-order valence-corrected chi connectivity index (χ4v) is 5.27. The lowest BCUT2D eigenvalue weighted by atomic mass is 9.84. The molecule has 0 atom stereocenters. The topological polar surface area (TPSA) is 80.5 Å². The normalized spacial score (nSPS) is 15.7. The van der Waals surface area contributed by atoms with Crippen molar-refractivity contribution in [2.75, 3.05) is 36.1 Å². The van der Waals surface area contributed by atoms with Gasteiger partial charge in [-0.25, -0.2) is 4.98 Å². The molecule has 6 rings (SSSR count). The third-order valence-corrected chi connectivity index (χ3v) is 6.93. The molecule has 3 aliphatic rings. The zero-order valence-corrected chi connectivity index (χ0v) is 16.9. The number of rotatable bonds is 3.